The number of Topliss-reactive ketones (excluding diaryl/α,β-unsaturated/α-hetero) is 1. The molecule has 0 radical (unpaired) electrons. The first-order valence-electron chi connectivity index (χ1n) is 12.6. The Balaban J connectivity index is 1.88. The molecule has 0 saturated heterocycles. The number of alkyl halides is 6. The van der Waals surface area contributed by atoms with Crippen molar-refractivity contribution in [3.63, 3.8) is 0 Å². The highest BCUT2D eigenvalue weighted by atomic mass is 19.4. The fourth-order valence-corrected chi connectivity index (χ4v) is 6.13. The Morgan fingerprint density at radius 3 is 2.29 bits per heavy atom. The fraction of sp³-hybridized carbons (Fsp3) is 0.593. The molecule has 1 fully saturated rings. The third kappa shape index (κ3) is 4.51. The van der Waals surface area contributed by atoms with Crippen molar-refractivity contribution in [3.05, 3.63) is 46.7 Å². The Kier molecular flexibility index (Phi) is 6.76. The minimum atomic E-state index is -5.43. The molecule has 1 heterocycles. The molecule has 4 atom stereocenters. The Bertz CT molecular complexity index is 1200. The molecule has 38 heavy (non-hydrogen) atoms. The van der Waals surface area contributed by atoms with Gasteiger partial charge in [0.15, 0.2) is 5.78 Å². The van der Waals surface area contributed by atoms with Crippen molar-refractivity contribution in [2.75, 3.05) is 0 Å². The lowest BCUT2D eigenvalue weighted by molar-refractivity contribution is -0.192. The van der Waals surface area contributed by atoms with Crippen LogP contribution in [0, 0.1) is 17.3 Å². The van der Waals surface area contributed by atoms with Gasteiger partial charge in [-0.1, -0.05) is 46.6 Å². The van der Waals surface area contributed by atoms with Gasteiger partial charge in [0, 0.05) is 23.7 Å². The molecule has 1 aromatic rings. The maximum atomic E-state index is 15.0. The average Bonchev–Trinajstić information content (AvgIpc) is 3.02. The van der Waals surface area contributed by atoms with Crippen LogP contribution >= 0.6 is 0 Å². The third-order valence-electron chi connectivity index (χ3n) is 8.23. The van der Waals surface area contributed by atoms with Crippen molar-refractivity contribution in [2.45, 2.75) is 83.7 Å². The SMILES string of the molecule is CC1CCCC(N2C(=O)C(NC(=O)c3cccc(C(F)(F)F)c3)(C(F)(F)F)C3=C2CC(C)(C)CC3=O)C1C. The zero-order chi connectivity index (χ0) is 28.4. The number of amides is 2. The van der Waals surface area contributed by atoms with Gasteiger partial charge in [-0.3, -0.25) is 14.4 Å². The Hall–Kier alpha value is -2.85. The molecule has 0 spiro atoms. The van der Waals surface area contributed by atoms with E-state index in [1.54, 1.807) is 19.2 Å². The summed E-state index contributed by atoms with van der Waals surface area (Å²) in [5.41, 5.74) is -7.23. The van der Waals surface area contributed by atoms with E-state index in [0.717, 1.165) is 23.5 Å². The highest BCUT2D eigenvalue weighted by Crippen LogP contribution is 2.54. The molecule has 4 rings (SSSR count). The van der Waals surface area contributed by atoms with Crippen LogP contribution in [0.1, 0.15) is 75.7 Å². The summed E-state index contributed by atoms with van der Waals surface area (Å²) in [5.74, 6) is -3.99. The number of nitrogens with zero attached hydrogens (tertiary/aromatic N) is 1. The van der Waals surface area contributed by atoms with Crippen molar-refractivity contribution >= 4 is 17.6 Å². The summed E-state index contributed by atoms with van der Waals surface area (Å²) in [7, 11) is 0. The fourth-order valence-electron chi connectivity index (χ4n) is 6.13. The van der Waals surface area contributed by atoms with E-state index < -0.39 is 63.6 Å². The second-order valence-electron chi connectivity index (χ2n) is 11.6. The molecule has 4 unspecified atom stereocenters. The van der Waals surface area contributed by atoms with E-state index in [0.29, 0.717) is 25.0 Å². The van der Waals surface area contributed by atoms with Crippen LogP contribution in [0.25, 0.3) is 0 Å². The molecule has 0 aromatic heterocycles. The summed E-state index contributed by atoms with van der Waals surface area (Å²) in [6, 6.07) is 2.30. The van der Waals surface area contributed by atoms with E-state index in [9.17, 15) is 27.6 Å². The highest BCUT2D eigenvalue weighted by molar-refractivity contribution is 6.14. The van der Waals surface area contributed by atoms with E-state index in [-0.39, 0.29) is 30.4 Å². The lowest BCUT2D eigenvalue weighted by Gasteiger charge is -2.43. The molecule has 2 amide bonds. The molecule has 11 heteroatoms. The topological polar surface area (TPSA) is 66.5 Å². The van der Waals surface area contributed by atoms with Gasteiger partial charge < -0.3 is 10.2 Å². The number of hydrogen-bond acceptors (Lipinski definition) is 3. The second-order valence-corrected chi connectivity index (χ2v) is 11.6. The summed E-state index contributed by atoms with van der Waals surface area (Å²) < 4.78 is 84.7. The minimum Gasteiger partial charge on any atom is -0.326 e. The number of ketones is 1. The second kappa shape index (κ2) is 9.12. The smallest absolute Gasteiger partial charge is 0.326 e. The molecule has 5 nitrogen and oxygen atoms in total. The van der Waals surface area contributed by atoms with Gasteiger partial charge in [0.1, 0.15) is 0 Å². The van der Waals surface area contributed by atoms with Gasteiger partial charge in [-0.25, -0.2) is 0 Å². The van der Waals surface area contributed by atoms with Gasteiger partial charge in [-0.05, 0) is 48.3 Å². The van der Waals surface area contributed by atoms with Gasteiger partial charge in [0.25, 0.3) is 11.8 Å². The highest BCUT2D eigenvalue weighted by Gasteiger charge is 2.72. The summed E-state index contributed by atoms with van der Waals surface area (Å²) >= 11 is 0. The maximum absolute atomic E-state index is 15.0. The third-order valence-corrected chi connectivity index (χ3v) is 8.23. The first-order valence-corrected chi connectivity index (χ1v) is 12.6. The molecule has 1 N–H and O–H groups in total. The molecule has 3 aliphatic rings. The van der Waals surface area contributed by atoms with E-state index >= 15 is 13.2 Å². The Labute approximate surface area is 216 Å². The minimum absolute atomic E-state index is 0.00860. The molecule has 1 aliphatic heterocycles. The number of hydrogen-bond donors (Lipinski definition) is 1. The van der Waals surface area contributed by atoms with Crippen LogP contribution in [0.5, 0.6) is 0 Å². The zero-order valence-electron chi connectivity index (χ0n) is 21.5. The number of allylic oxidation sites excluding steroid dienone is 1. The van der Waals surface area contributed by atoms with Crippen LogP contribution in [-0.2, 0) is 15.8 Å². The first kappa shape index (κ1) is 28.2. The predicted molar refractivity (Wildman–Crippen MR) is 126 cm³/mol. The summed E-state index contributed by atoms with van der Waals surface area (Å²) in [4.78, 5) is 41.5. The van der Waals surface area contributed by atoms with Crippen LogP contribution < -0.4 is 5.32 Å². The lowest BCUT2D eigenvalue weighted by Crippen LogP contribution is -2.67. The molecular formula is C27H30F6N2O3. The van der Waals surface area contributed by atoms with Gasteiger partial charge in [0.05, 0.1) is 11.1 Å². The Morgan fingerprint density at radius 1 is 1.03 bits per heavy atom. The predicted octanol–water partition coefficient (Wildman–Crippen LogP) is 6.05. The monoisotopic (exact) mass is 544 g/mol. The molecule has 2 aliphatic carbocycles. The number of rotatable bonds is 3. The summed E-state index contributed by atoms with van der Waals surface area (Å²) in [6.45, 7) is 7.25. The van der Waals surface area contributed by atoms with Crippen LogP contribution in [0.15, 0.2) is 35.5 Å². The van der Waals surface area contributed by atoms with Crippen molar-refractivity contribution < 1.29 is 40.7 Å². The Morgan fingerprint density at radius 2 is 1.68 bits per heavy atom. The maximum Gasteiger partial charge on any atom is 0.425 e. The average molecular weight is 545 g/mol. The normalized spacial score (nSPS) is 29.9. The van der Waals surface area contributed by atoms with E-state index in [1.807, 2.05) is 13.8 Å². The van der Waals surface area contributed by atoms with Crippen LogP contribution in [0.2, 0.25) is 0 Å². The van der Waals surface area contributed by atoms with Crippen molar-refractivity contribution in [2.24, 2.45) is 17.3 Å². The molecular weight excluding hydrogens is 514 g/mol. The number of carbonyl (C=O) groups is 3. The van der Waals surface area contributed by atoms with Gasteiger partial charge in [-0.2, -0.15) is 26.3 Å². The van der Waals surface area contributed by atoms with Gasteiger partial charge in [0.2, 0.25) is 5.54 Å². The molecule has 208 valence electrons. The van der Waals surface area contributed by atoms with Gasteiger partial charge >= 0.3 is 12.4 Å². The van der Waals surface area contributed by atoms with E-state index in [1.165, 1.54) is 0 Å². The first-order chi connectivity index (χ1) is 17.4. The van der Waals surface area contributed by atoms with Crippen molar-refractivity contribution in [1.29, 1.82) is 0 Å². The van der Waals surface area contributed by atoms with Crippen LogP contribution in [0.3, 0.4) is 0 Å². The van der Waals surface area contributed by atoms with Crippen LogP contribution in [0.4, 0.5) is 26.3 Å². The quantitative estimate of drug-likeness (QED) is 0.472. The number of carbonyl (C=O) groups excluding carboxylic acids is 3. The lowest BCUT2D eigenvalue weighted by atomic mass is 9.72. The molecule has 1 saturated carbocycles. The summed E-state index contributed by atoms with van der Waals surface area (Å²) in [5, 5.41) is 1.73. The number of halogens is 6. The van der Waals surface area contributed by atoms with Crippen LogP contribution in [-0.4, -0.2) is 40.3 Å². The van der Waals surface area contributed by atoms with E-state index in [2.05, 4.69) is 0 Å². The van der Waals surface area contributed by atoms with Crippen molar-refractivity contribution in [3.8, 4) is 0 Å². The van der Waals surface area contributed by atoms with E-state index in [4.69, 9.17) is 0 Å². The van der Waals surface area contributed by atoms with Crippen molar-refractivity contribution in [1.82, 2.24) is 10.2 Å². The molecule has 0 bridgehead atoms. The molecule has 1 aromatic carbocycles. The summed E-state index contributed by atoms with van der Waals surface area (Å²) in [6.07, 6.45) is -8.60. The van der Waals surface area contributed by atoms with Gasteiger partial charge in [-0.15, -0.1) is 0 Å². The standard InChI is InChI=1S/C27H30F6N2O3/c1-14-7-5-10-18(15(14)2)35-19-12-24(3,4)13-20(36)21(19)25(23(35)38,27(31,32)33)34-22(37)16-8-6-9-17(11-16)26(28,29)30/h6,8-9,11,14-15,18H,5,7,10,12-13H2,1-4H3,(H,34,37). The number of benzene rings is 1. The largest absolute Gasteiger partial charge is 0.425 e. The number of nitrogens with one attached hydrogen (secondary N) is 1. The zero-order valence-corrected chi connectivity index (χ0v) is 21.5.